The zero-order valence-corrected chi connectivity index (χ0v) is 15.3. The van der Waals surface area contributed by atoms with Crippen LogP contribution in [0.4, 0.5) is 10.9 Å². The van der Waals surface area contributed by atoms with Gasteiger partial charge in [0.15, 0.2) is 0 Å². The molecule has 0 atom stereocenters. The Bertz CT molecular complexity index is 645. The number of hydrogen-bond acceptors (Lipinski definition) is 6. The fraction of sp³-hybridized carbons (Fsp3) is 0.231. The van der Waals surface area contributed by atoms with E-state index in [9.17, 15) is 0 Å². The lowest BCUT2D eigenvalue weighted by molar-refractivity contribution is 0.315. The molecule has 3 N–H and O–H groups in total. The third-order valence-corrected chi connectivity index (χ3v) is 4.19. The summed E-state index contributed by atoms with van der Waals surface area (Å²) in [6, 6.07) is 3.88. The Hall–Kier alpha value is -1.12. The molecule has 1 aromatic heterocycles. The molecule has 0 radical (unpaired) electrons. The van der Waals surface area contributed by atoms with Gasteiger partial charge in [0, 0.05) is 15.4 Å². The van der Waals surface area contributed by atoms with E-state index in [-0.39, 0.29) is 0 Å². The van der Waals surface area contributed by atoms with Crippen LogP contribution in [0.5, 0.6) is 5.75 Å². The standard InChI is InChI=1S/C13H14Br2N4OS/c1-2-3-20-12-8(4-9(14)5-10(12)15)6-17-19-13-18-11(16)7-21-13/h4-7H,2-3,16H2,1H3,(H,18,19). The highest BCUT2D eigenvalue weighted by atomic mass is 79.9. The number of hydrazone groups is 1. The largest absolute Gasteiger partial charge is 0.492 e. The molecule has 0 unspecified atom stereocenters. The SMILES string of the molecule is CCCOc1c(Br)cc(Br)cc1C=NNc1nc(N)cs1. The topological polar surface area (TPSA) is 72.5 Å². The first-order valence-corrected chi connectivity index (χ1v) is 8.68. The van der Waals surface area contributed by atoms with E-state index in [0.29, 0.717) is 17.6 Å². The van der Waals surface area contributed by atoms with Crippen LogP contribution in [0.15, 0.2) is 31.6 Å². The van der Waals surface area contributed by atoms with Crippen molar-refractivity contribution in [1.82, 2.24) is 4.98 Å². The maximum absolute atomic E-state index is 5.76. The van der Waals surface area contributed by atoms with Crippen molar-refractivity contribution in [3.63, 3.8) is 0 Å². The molecule has 0 spiro atoms. The van der Waals surface area contributed by atoms with E-state index < -0.39 is 0 Å². The van der Waals surface area contributed by atoms with Gasteiger partial charge in [0.25, 0.3) is 0 Å². The van der Waals surface area contributed by atoms with Gasteiger partial charge in [-0.05, 0) is 34.5 Å². The lowest BCUT2D eigenvalue weighted by atomic mass is 10.2. The maximum atomic E-state index is 5.76. The molecule has 0 saturated heterocycles. The van der Waals surface area contributed by atoms with Crippen molar-refractivity contribution in [1.29, 1.82) is 0 Å². The second kappa shape index (κ2) is 7.77. The highest BCUT2D eigenvalue weighted by Crippen LogP contribution is 2.32. The number of nitrogen functional groups attached to an aromatic ring is 1. The summed E-state index contributed by atoms with van der Waals surface area (Å²) < 4.78 is 7.58. The fourth-order valence-electron chi connectivity index (χ4n) is 1.53. The Balaban J connectivity index is 2.17. The highest BCUT2D eigenvalue weighted by Gasteiger charge is 2.08. The van der Waals surface area contributed by atoms with Gasteiger partial charge in [-0.2, -0.15) is 5.10 Å². The smallest absolute Gasteiger partial charge is 0.205 e. The number of hydrogen-bond donors (Lipinski definition) is 2. The summed E-state index contributed by atoms with van der Waals surface area (Å²) in [5, 5.41) is 6.57. The van der Waals surface area contributed by atoms with Crippen molar-refractivity contribution in [2.24, 2.45) is 5.10 Å². The number of anilines is 2. The van der Waals surface area contributed by atoms with Crippen LogP contribution >= 0.6 is 43.2 Å². The third kappa shape index (κ3) is 4.69. The number of aromatic nitrogens is 1. The van der Waals surface area contributed by atoms with Crippen LogP contribution in [0, 0.1) is 0 Å². The number of nitrogens with two attached hydrogens (primary N) is 1. The van der Waals surface area contributed by atoms with Crippen molar-refractivity contribution in [3.05, 3.63) is 32.0 Å². The number of nitrogens with one attached hydrogen (secondary N) is 1. The monoisotopic (exact) mass is 432 g/mol. The van der Waals surface area contributed by atoms with E-state index in [4.69, 9.17) is 10.5 Å². The second-order valence-corrected chi connectivity index (χ2v) is 6.73. The predicted octanol–water partition coefficient (Wildman–Crippen LogP) is 4.49. The van der Waals surface area contributed by atoms with Crippen LogP contribution < -0.4 is 15.9 Å². The lowest BCUT2D eigenvalue weighted by Gasteiger charge is -2.11. The third-order valence-electron chi connectivity index (χ3n) is 2.37. The second-order valence-electron chi connectivity index (χ2n) is 4.10. The van der Waals surface area contributed by atoms with Crippen molar-refractivity contribution < 1.29 is 4.74 Å². The average Bonchev–Trinajstić information content (AvgIpc) is 2.83. The van der Waals surface area contributed by atoms with Crippen LogP contribution in [0.3, 0.4) is 0 Å². The summed E-state index contributed by atoms with van der Waals surface area (Å²) in [6.07, 6.45) is 2.63. The Morgan fingerprint density at radius 2 is 2.29 bits per heavy atom. The molecule has 0 bridgehead atoms. The van der Waals surface area contributed by atoms with Gasteiger partial charge in [0.2, 0.25) is 5.13 Å². The fourth-order valence-corrected chi connectivity index (χ4v) is 3.45. The van der Waals surface area contributed by atoms with Crippen LogP contribution in [0.1, 0.15) is 18.9 Å². The van der Waals surface area contributed by atoms with E-state index in [1.165, 1.54) is 11.3 Å². The van der Waals surface area contributed by atoms with Crippen LogP contribution in [-0.2, 0) is 0 Å². The predicted molar refractivity (Wildman–Crippen MR) is 95.4 cm³/mol. The van der Waals surface area contributed by atoms with Crippen LogP contribution in [-0.4, -0.2) is 17.8 Å². The van der Waals surface area contributed by atoms with Gasteiger partial charge in [0.1, 0.15) is 11.6 Å². The summed E-state index contributed by atoms with van der Waals surface area (Å²) in [4.78, 5) is 4.07. The zero-order chi connectivity index (χ0) is 15.2. The first-order chi connectivity index (χ1) is 10.1. The summed E-state index contributed by atoms with van der Waals surface area (Å²) in [6.45, 7) is 2.71. The van der Waals surface area contributed by atoms with E-state index in [1.807, 2.05) is 12.1 Å². The van der Waals surface area contributed by atoms with E-state index in [0.717, 1.165) is 26.7 Å². The van der Waals surface area contributed by atoms with Gasteiger partial charge in [-0.15, -0.1) is 11.3 Å². The van der Waals surface area contributed by atoms with Gasteiger partial charge in [-0.1, -0.05) is 22.9 Å². The molecule has 1 aromatic carbocycles. The first-order valence-electron chi connectivity index (χ1n) is 6.22. The van der Waals surface area contributed by atoms with Gasteiger partial charge in [-0.3, -0.25) is 5.43 Å². The number of thiazole rings is 1. The van der Waals surface area contributed by atoms with Crippen molar-refractivity contribution in [2.75, 3.05) is 17.8 Å². The Morgan fingerprint density at radius 1 is 1.48 bits per heavy atom. The minimum atomic E-state index is 0.481. The van der Waals surface area contributed by atoms with Gasteiger partial charge >= 0.3 is 0 Å². The molecule has 1 heterocycles. The van der Waals surface area contributed by atoms with Gasteiger partial charge in [-0.25, -0.2) is 4.98 Å². The zero-order valence-electron chi connectivity index (χ0n) is 11.3. The minimum Gasteiger partial charge on any atom is -0.492 e. The molecule has 2 aromatic rings. The van der Waals surface area contributed by atoms with E-state index in [1.54, 1.807) is 11.6 Å². The Kier molecular flexibility index (Phi) is 6.01. The normalized spacial score (nSPS) is 11.0. The van der Waals surface area contributed by atoms with Crippen LogP contribution in [0.2, 0.25) is 0 Å². The van der Waals surface area contributed by atoms with Crippen molar-refractivity contribution in [3.8, 4) is 5.75 Å². The minimum absolute atomic E-state index is 0.481. The molecule has 8 heteroatoms. The molecule has 2 rings (SSSR count). The maximum Gasteiger partial charge on any atom is 0.205 e. The molecule has 0 saturated carbocycles. The Morgan fingerprint density at radius 3 is 2.95 bits per heavy atom. The highest BCUT2D eigenvalue weighted by molar-refractivity contribution is 9.11. The molecule has 0 amide bonds. The van der Waals surface area contributed by atoms with Crippen LogP contribution in [0.25, 0.3) is 0 Å². The van der Waals surface area contributed by atoms with Gasteiger partial charge in [0.05, 0.1) is 17.3 Å². The van der Waals surface area contributed by atoms with E-state index in [2.05, 4.69) is 54.3 Å². The number of ether oxygens (including phenoxy) is 1. The molecule has 0 aliphatic carbocycles. The summed E-state index contributed by atoms with van der Waals surface area (Å²) >= 11 is 8.36. The molecular formula is C13H14Br2N4OS. The summed E-state index contributed by atoms with van der Waals surface area (Å²) in [5.74, 6) is 1.25. The molecule has 0 aliphatic heterocycles. The molecule has 0 aliphatic rings. The summed E-state index contributed by atoms with van der Waals surface area (Å²) in [7, 11) is 0. The molecule has 21 heavy (non-hydrogen) atoms. The first kappa shape index (κ1) is 16.3. The number of rotatable bonds is 6. The number of benzene rings is 1. The molecular weight excluding hydrogens is 420 g/mol. The lowest BCUT2D eigenvalue weighted by Crippen LogP contribution is -2.00. The number of nitrogens with zero attached hydrogens (tertiary/aromatic N) is 2. The number of halogens is 2. The van der Waals surface area contributed by atoms with Crippen molar-refractivity contribution in [2.45, 2.75) is 13.3 Å². The molecule has 5 nitrogen and oxygen atoms in total. The molecule has 0 fully saturated rings. The molecule has 112 valence electrons. The summed E-state index contributed by atoms with van der Waals surface area (Å²) in [5.41, 5.74) is 9.26. The quantitative estimate of drug-likeness (QED) is 0.520. The van der Waals surface area contributed by atoms with Crippen molar-refractivity contribution >= 4 is 60.4 Å². The van der Waals surface area contributed by atoms with E-state index >= 15 is 0 Å². The van der Waals surface area contributed by atoms with Gasteiger partial charge < -0.3 is 10.5 Å². The average molecular weight is 434 g/mol. The Labute approximate surface area is 143 Å².